The quantitative estimate of drug-likeness (QED) is 0.815. The van der Waals surface area contributed by atoms with Crippen LogP contribution in [0.4, 0.5) is 0 Å². The number of nitrogens with zero attached hydrogens (tertiary/aromatic N) is 1. The van der Waals surface area contributed by atoms with Crippen LogP contribution in [0.5, 0.6) is 0 Å². The largest absolute Gasteiger partial charge is 0.384 e. The first kappa shape index (κ1) is 13.3. The monoisotopic (exact) mass is 240 g/mol. The van der Waals surface area contributed by atoms with Gasteiger partial charge in [-0.1, -0.05) is 12.8 Å². The number of hydrogen-bond donors (Lipinski definition) is 1. The Morgan fingerprint density at radius 2 is 2.00 bits per heavy atom. The van der Waals surface area contributed by atoms with Crippen LogP contribution in [0, 0.1) is 11.8 Å². The van der Waals surface area contributed by atoms with Crippen molar-refractivity contribution in [2.24, 2.45) is 17.6 Å². The van der Waals surface area contributed by atoms with Crippen molar-refractivity contribution in [1.29, 1.82) is 0 Å². The molecule has 2 N–H and O–H groups in total. The van der Waals surface area contributed by atoms with Crippen molar-refractivity contribution in [3.63, 3.8) is 0 Å². The molecule has 1 aliphatic carbocycles. The maximum atomic E-state index is 6.24. The minimum atomic E-state index is 0.451. The van der Waals surface area contributed by atoms with Crippen LogP contribution in [-0.4, -0.2) is 44.3 Å². The van der Waals surface area contributed by atoms with E-state index in [-0.39, 0.29) is 0 Å². The molecule has 3 nitrogen and oxygen atoms in total. The van der Waals surface area contributed by atoms with Crippen LogP contribution in [0.25, 0.3) is 0 Å². The van der Waals surface area contributed by atoms with E-state index in [1.807, 2.05) is 7.11 Å². The molecular formula is C14H28N2O. The molecule has 100 valence electrons. The molecule has 1 heterocycles. The molecule has 3 atom stereocenters. The predicted molar refractivity (Wildman–Crippen MR) is 71.0 cm³/mol. The Kier molecular flexibility index (Phi) is 5.26. The Morgan fingerprint density at radius 3 is 2.76 bits per heavy atom. The van der Waals surface area contributed by atoms with Gasteiger partial charge in [-0.3, -0.25) is 0 Å². The minimum Gasteiger partial charge on any atom is -0.384 e. The lowest BCUT2D eigenvalue weighted by Gasteiger charge is -2.37. The van der Waals surface area contributed by atoms with Crippen LogP contribution in [0.1, 0.15) is 38.5 Å². The van der Waals surface area contributed by atoms with E-state index in [0.717, 1.165) is 18.4 Å². The smallest absolute Gasteiger partial charge is 0.0502 e. The molecule has 2 fully saturated rings. The number of nitrogens with two attached hydrogens (primary N) is 1. The fourth-order valence-electron chi connectivity index (χ4n) is 3.48. The first-order valence-corrected chi connectivity index (χ1v) is 7.26. The van der Waals surface area contributed by atoms with E-state index in [1.165, 1.54) is 58.2 Å². The normalized spacial score (nSPS) is 36.0. The summed E-state index contributed by atoms with van der Waals surface area (Å²) < 4.78 is 5.29. The second-order valence-electron chi connectivity index (χ2n) is 5.93. The first-order chi connectivity index (χ1) is 8.29. The summed E-state index contributed by atoms with van der Waals surface area (Å²) in [5.74, 6) is 1.48. The molecule has 1 saturated carbocycles. The van der Waals surface area contributed by atoms with Crippen LogP contribution >= 0.6 is 0 Å². The van der Waals surface area contributed by atoms with Gasteiger partial charge in [-0.05, 0) is 44.1 Å². The van der Waals surface area contributed by atoms with Gasteiger partial charge in [0.15, 0.2) is 0 Å². The van der Waals surface area contributed by atoms with E-state index in [9.17, 15) is 0 Å². The lowest BCUT2D eigenvalue weighted by molar-refractivity contribution is 0.0758. The zero-order valence-corrected chi connectivity index (χ0v) is 11.2. The summed E-state index contributed by atoms with van der Waals surface area (Å²) in [6.07, 6.45) is 7.96. The molecule has 3 unspecified atom stereocenters. The molecule has 17 heavy (non-hydrogen) atoms. The zero-order chi connectivity index (χ0) is 12.1. The summed E-state index contributed by atoms with van der Waals surface area (Å²) >= 11 is 0. The molecule has 0 aromatic rings. The number of rotatable bonds is 4. The second kappa shape index (κ2) is 6.72. The van der Waals surface area contributed by atoms with Crippen LogP contribution in [0.3, 0.4) is 0 Å². The van der Waals surface area contributed by atoms with Gasteiger partial charge in [0.25, 0.3) is 0 Å². The van der Waals surface area contributed by atoms with Gasteiger partial charge in [0.1, 0.15) is 0 Å². The highest BCUT2D eigenvalue weighted by molar-refractivity contribution is 4.82. The molecular weight excluding hydrogens is 212 g/mol. The topological polar surface area (TPSA) is 38.5 Å². The highest BCUT2D eigenvalue weighted by atomic mass is 16.5. The van der Waals surface area contributed by atoms with Gasteiger partial charge in [-0.15, -0.1) is 0 Å². The van der Waals surface area contributed by atoms with Crippen molar-refractivity contribution < 1.29 is 4.74 Å². The number of ether oxygens (including phenoxy) is 1. The minimum absolute atomic E-state index is 0.451. The molecule has 2 rings (SSSR count). The summed E-state index contributed by atoms with van der Waals surface area (Å²) in [7, 11) is 1.82. The maximum Gasteiger partial charge on any atom is 0.0502 e. The van der Waals surface area contributed by atoms with Crippen molar-refractivity contribution in [1.82, 2.24) is 4.90 Å². The Morgan fingerprint density at radius 1 is 1.18 bits per heavy atom. The van der Waals surface area contributed by atoms with E-state index < -0.39 is 0 Å². The summed E-state index contributed by atoms with van der Waals surface area (Å²) in [5, 5.41) is 0. The molecule has 2 aliphatic rings. The lowest BCUT2D eigenvalue weighted by Crippen LogP contribution is -2.45. The highest BCUT2D eigenvalue weighted by Gasteiger charge is 2.26. The van der Waals surface area contributed by atoms with Gasteiger partial charge in [0, 0.05) is 26.2 Å². The lowest BCUT2D eigenvalue weighted by atomic mass is 9.84. The third-order valence-electron chi connectivity index (χ3n) is 4.47. The summed E-state index contributed by atoms with van der Waals surface area (Å²) in [5.41, 5.74) is 6.24. The molecule has 0 amide bonds. The third kappa shape index (κ3) is 3.94. The third-order valence-corrected chi connectivity index (χ3v) is 4.47. The molecule has 0 bridgehead atoms. The van der Waals surface area contributed by atoms with Crippen molar-refractivity contribution in [2.75, 3.05) is 33.4 Å². The van der Waals surface area contributed by atoms with Gasteiger partial charge >= 0.3 is 0 Å². The molecule has 0 aromatic heterocycles. The molecule has 1 saturated heterocycles. The average Bonchev–Trinajstić information content (AvgIpc) is 2.33. The Hall–Kier alpha value is -0.120. The van der Waals surface area contributed by atoms with Crippen LogP contribution in [-0.2, 0) is 4.74 Å². The Balaban J connectivity index is 1.77. The second-order valence-corrected chi connectivity index (χ2v) is 5.93. The first-order valence-electron chi connectivity index (χ1n) is 7.26. The van der Waals surface area contributed by atoms with E-state index in [2.05, 4.69) is 4.90 Å². The van der Waals surface area contributed by atoms with E-state index in [0.29, 0.717) is 6.04 Å². The number of piperidine rings is 1. The van der Waals surface area contributed by atoms with E-state index in [1.54, 1.807) is 0 Å². The van der Waals surface area contributed by atoms with E-state index >= 15 is 0 Å². The maximum absolute atomic E-state index is 6.24. The van der Waals surface area contributed by atoms with Gasteiger partial charge in [0.05, 0.1) is 6.61 Å². The molecule has 3 heteroatoms. The molecule has 0 radical (unpaired) electrons. The van der Waals surface area contributed by atoms with Gasteiger partial charge in [0.2, 0.25) is 0 Å². The summed E-state index contributed by atoms with van der Waals surface area (Å²) in [4.78, 5) is 2.63. The van der Waals surface area contributed by atoms with Crippen molar-refractivity contribution in [3.8, 4) is 0 Å². The number of hydrogen-bond acceptors (Lipinski definition) is 3. The van der Waals surface area contributed by atoms with Crippen LogP contribution in [0.2, 0.25) is 0 Å². The highest BCUT2D eigenvalue weighted by Crippen LogP contribution is 2.26. The number of methoxy groups -OCH3 is 1. The number of likely N-dealkylation sites (tertiary alicyclic amines) is 1. The SMILES string of the molecule is COCC1CCCN(CC2CCCCC2N)C1. The van der Waals surface area contributed by atoms with E-state index in [4.69, 9.17) is 10.5 Å². The average molecular weight is 240 g/mol. The summed E-state index contributed by atoms with van der Waals surface area (Å²) in [6.45, 7) is 4.63. The fourth-order valence-corrected chi connectivity index (χ4v) is 3.48. The van der Waals surface area contributed by atoms with Crippen LogP contribution < -0.4 is 5.73 Å². The Bertz CT molecular complexity index is 220. The summed E-state index contributed by atoms with van der Waals surface area (Å²) in [6, 6.07) is 0.451. The van der Waals surface area contributed by atoms with Gasteiger partial charge in [-0.25, -0.2) is 0 Å². The van der Waals surface area contributed by atoms with Crippen molar-refractivity contribution >= 4 is 0 Å². The van der Waals surface area contributed by atoms with Crippen molar-refractivity contribution in [2.45, 2.75) is 44.6 Å². The predicted octanol–water partition coefficient (Wildman–Crippen LogP) is 1.86. The zero-order valence-electron chi connectivity index (χ0n) is 11.2. The fraction of sp³-hybridized carbons (Fsp3) is 1.00. The van der Waals surface area contributed by atoms with Crippen molar-refractivity contribution in [3.05, 3.63) is 0 Å². The molecule has 1 aliphatic heterocycles. The van der Waals surface area contributed by atoms with Gasteiger partial charge < -0.3 is 15.4 Å². The molecule has 0 aromatic carbocycles. The standard InChI is InChI=1S/C14H28N2O/c1-17-11-12-5-4-8-16(9-12)10-13-6-2-3-7-14(13)15/h12-14H,2-11,15H2,1H3. The van der Waals surface area contributed by atoms with Crippen LogP contribution in [0.15, 0.2) is 0 Å². The van der Waals surface area contributed by atoms with Gasteiger partial charge in [-0.2, -0.15) is 0 Å². The molecule has 0 spiro atoms. The Labute approximate surface area is 106 Å².